The van der Waals surface area contributed by atoms with E-state index in [0.717, 1.165) is 12.5 Å². The first-order chi connectivity index (χ1) is 7.18. The Morgan fingerprint density at radius 3 is 2.60 bits per heavy atom. The fourth-order valence-corrected chi connectivity index (χ4v) is 3.41. The van der Waals surface area contributed by atoms with Gasteiger partial charge in [0.25, 0.3) is 0 Å². The first-order valence-corrected chi connectivity index (χ1v) is 6.69. The van der Waals surface area contributed by atoms with E-state index in [1.54, 1.807) is 0 Å². The molecule has 2 unspecified atom stereocenters. The number of nitrogens with zero attached hydrogens (tertiary/aromatic N) is 1. The van der Waals surface area contributed by atoms with Crippen LogP contribution in [0.25, 0.3) is 0 Å². The molecule has 2 aliphatic rings. The molecule has 1 heterocycles. The maximum absolute atomic E-state index is 6.54. The van der Waals surface area contributed by atoms with Gasteiger partial charge in [-0.05, 0) is 44.7 Å². The molecule has 15 heavy (non-hydrogen) atoms. The largest absolute Gasteiger partial charge is 0.324 e. The molecule has 0 spiro atoms. The zero-order valence-electron chi connectivity index (χ0n) is 10.2. The smallest absolute Gasteiger partial charge is 0.0285 e. The van der Waals surface area contributed by atoms with Gasteiger partial charge in [0, 0.05) is 12.1 Å². The van der Waals surface area contributed by atoms with Gasteiger partial charge in [0.15, 0.2) is 0 Å². The van der Waals surface area contributed by atoms with Crippen LogP contribution in [0.4, 0.5) is 0 Å². The molecule has 1 aliphatic carbocycles. The standard InChI is InChI=1S/C13H26N2/c1-12-6-5-7-13(14,10-12)11-15-8-3-2-4-9-15/h12H,2-11,14H2,1H3. The van der Waals surface area contributed by atoms with Gasteiger partial charge in [-0.25, -0.2) is 0 Å². The monoisotopic (exact) mass is 210 g/mol. The molecule has 0 bridgehead atoms. The van der Waals surface area contributed by atoms with Gasteiger partial charge in [-0.15, -0.1) is 0 Å². The summed E-state index contributed by atoms with van der Waals surface area (Å²) < 4.78 is 0. The zero-order chi connectivity index (χ0) is 10.7. The average Bonchev–Trinajstić information content (AvgIpc) is 2.18. The molecule has 1 saturated carbocycles. The number of piperidine rings is 1. The quantitative estimate of drug-likeness (QED) is 0.758. The van der Waals surface area contributed by atoms with Crippen molar-refractivity contribution in [1.82, 2.24) is 4.90 Å². The van der Waals surface area contributed by atoms with E-state index in [-0.39, 0.29) is 5.54 Å². The average molecular weight is 210 g/mol. The first kappa shape index (κ1) is 11.4. The maximum atomic E-state index is 6.54. The Morgan fingerprint density at radius 1 is 1.20 bits per heavy atom. The molecule has 2 heteroatoms. The lowest BCUT2D eigenvalue weighted by Gasteiger charge is -2.41. The molecule has 2 rings (SSSR count). The molecule has 0 aromatic rings. The van der Waals surface area contributed by atoms with Crippen molar-refractivity contribution in [2.24, 2.45) is 11.7 Å². The lowest BCUT2D eigenvalue weighted by Crippen LogP contribution is -2.53. The summed E-state index contributed by atoms with van der Waals surface area (Å²) in [5.41, 5.74) is 6.67. The maximum Gasteiger partial charge on any atom is 0.0285 e. The van der Waals surface area contributed by atoms with Crippen LogP contribution < -0.4 is 5.73 Å². The van der Waals surface area contributed by atoms with Crippen LogP contribution in [0.3, 0.4) is 0 Å². The number of rotatable bonds is 2. The topological polar surface area (TPSA) is 29.3 Å². The summed E-state index contributed by atoms with van der Waals surface area (Å²) in [5.74, 6) is 0.841. The van der Waals surface area contributed by atoms with Gasteiger partial charge in [-0.3, -0.25) is 0 Å². The SMILES string of the molecule is CC1CCCC(N)(CN2CCCCC2)C1. The lowest BCUT2D eigenvalue weighted by molar-refractivity contribution is 0.134. The summed E-state index contributed by atoms with van der Waals surface area (Å²) in [6, 6.07) is 0. The van der Waals surface area contributed by atoms with Crippen molar-refractivity contribution in [3.05, 3.63) is 0 Å². The summed E-state index contributed by atoms with van der Waals surface area (Å²) in [6.07, 6.45) is 9.39. The van der Waals surface area contributed by atoms with Crippen LogP contribution in [0.15, 0.2) is 0 Å². The second kappa shape index (κ2) is 4.84. The minimum atomic E-state index is 0.134. The van der Waals surface area contributed by atoms with E-state index in [0.29, 0.717) is 0 Å². The molecule has 0 aromatic carbocycles. The van der Waals surface area contributed by atoms with Crippen LogP contribution in [0.1, 0.15) is 51.9 Å². The third-order valence-corrected chi connectivity index (χ3v) is 4.11. The van der Waals surface area contributed by atoms with Crippen molar-refractivity contribution >= 4 is 0 Å². The highest BCUT2D eigenvalue weighted by molar-refractivity contribution is 4.92. The van der Waals surface area contributed by atoms with Gasteiger partial charge in [-0.2, -0.15) is 0 Å². The van der Waals surface area contributed by atoms with E-state index in [2.05, 4.69) is 11.8 Å². The van der Waals surface area contributed by atoms with E-state index >= 15 is 0 Å². The highest BCUT2D eigenvalue weighted by Gasteiger charge is 2.32. The summed E-state index contributed by atoms with van der Waals surface area (Å²) in [7, 11) is 0. The molecule has 0 radical (unpaired) electrons. The third-order valence-electron chi connectivity index (χ3n) is 4.11. The van der Waals surface area contributed by atoms with Gasteiger partial charge in [0.05, 0.1) is 0 Å². The van der Waals surface area contributed by atoms with E-state index in [1.807, 2.05) is 0 Å². The van der Waals surface area contributed by atoms with Gasteiger partial charge >= 0.3 is 0 Å². The number of likely N-dealkylation sites (tertiary alicyclic amines) is 1. The summed E-state index contributed by atoms with van der Waals surface area (Å²) in [5, 5.41) is 0. The molecule has 88 valence electrons. The Balaban J connectivity index is 1.85. The minimum absolute atomic E-state index is 0.134. The predicted octanol–water partition coefficient (Wildman–Crippen LogP) is 2.38. The predicted molar refractivity (Wildman–Crippen MR) is 64.8 cm³/mol. The van der Waals surface area contributed by atoms with Gasteiger partial charge in [-0.1, -0.05) is 26.2 Å². The molecular weight excluding hydrogens is 184 g/mol. The van der Waals surface area contributed by atoms with E-state index in [4.69, 9.17) is 5.73 Å². The Labute approximate surface area is 94.2 Å². The summed E-state index contributed by atoms with van der Waals surface area (Å²) >= 11 is 0. The van der Waals surface area contributed by atoms with Crippen molar-refractivity contribution in [3.63, 3.8) is 0 Å². The highest BCUT2D eigenvalue weighted by atomic mass is 15.1. The Kier molecular flexibility index (Phi) is 3.68. The van der Waals surface area contributed by atoms with Gasteiger partial charge in [0.1, 0.15) is 0 Å². The minimum Gasteiger partial charge on any atom is -0.324 e. The second-order valence-corrected chi connectivity index (χ2v) is 5.90. The van der Waals surface area contributed by atoms with Crippen molar-refractivity contribution in [1.29, 1.82) is 0 Å². The molecular formula is C13H26N2. The fourth-order valence-electron chi connectivity index (χ4n) is 3.41. The van der Waals surface area contributed by atoms with Crippen LogP contribution in [0.5, 0.6) is 0 Å². The molecule has 2 nitrogen and oxygen atoms in total. The van der Waals surface area contributed by atoms with Crippen LogP contribution >= 0.6 is 0 Å². The highest BCUT2D eigenvalue weighted by Crippen LogP contribution is 2.31. The summed E-state index contributed by atoms with van der Waals surface area (Å²) in [6.45, 7) is 6.08. The molecule has 0 aromatic heterocycles. The number of nitrogens with two attached hydrogens (primary N) is 1. The number of hydrogen-bond donors (Lipinski definition) is 1. The zero-order valence-corrected chi connectivity index (χ0v) is 10.2. The van der Waals surface area contributed by atoms with Crippen LogP contribution in [-0.4, -0.2) is 30.1 Å². The normalized spacial score (nSPS) is 39.2. The van der Waals surface area contributed by atoms with Crippen molar-refractivity contribution in [2.75, 3.05) is 19.6 Å². The first-order valence-electron chi connectivity index (χ1n) is 6.69. The van der Waals surface area contributed by atoms with E-state index in [1.165, 1.54) is 58.0 Å². The van der Waals surface area contributed by atoms with Crippen molar-refractivity contribution in [2.45, 2.75) is 57.4 Å². The van der Waals surface area contributed by atoms with E-state index < -0.39 is 0 Å². The molecule has 1 saturated heterocycles. The molecule has 2 N–H and O–H groups in total. The van der Waals surface area contributed by atoms with E-state index in [9.17, 15) is 0 Å². The van der Waals surface area contributed by atoms with Crippen LogP contribution in [0.2, 0.25) is 0 Å². The fraction of sp³-hybridized carbons (Fsp3) is 1.00. The Bertz CT molecular complexity index is 199. The molecule has 2 atom stereocenters. The van der Waals surface area contributed by atoms with Gasteiger partial charge < -0.3 is 10.6 Å². The molecule has 2 fully saturated rings. The Hall–Kier alpha value is -0.0800. The molecule has 1 aliphatic heterocycles. The van der Waals surface area contributed by atoms with Crippen LogP contribution in [0, 0.1) is 5.92 Å². The Morgan fingerprint density at radius 2 is 1.93 bits per heavy atom. The van der Waals surface area contributed by atoms with Crippen molar-refractivity contribution < 1.29 is 0 Å². The second-order valence-electron chi connectivity index (χ2n) is 5.90. The lowest BCUT2D eigenvalue weighted by atomic mass is 9.76. The third kappa shape index (κ3) is 3.18. The van der Waals surface area contributed by atoms with Gasteiger partial charge in [0.2, 0.25) is 0 Å². The number of hydrogen-bond acceptors (Lipinski definition) is 2. The van der Waals surface area contributed by atoms with Crippen molar-refractivity contribution in [3.8, 4) is 0 Å². The molecule has 0 amide bonds. The van der Waals surface area contributed by atoms with Crippen LogP contribution in [-0.2, 0) is 0 Å². The summed E-state index contributed by atoms with van der Waals surface area (Å²) in [4.78, 5) is 2.60.